The number of rotatable bonds is 5. The monoisotopic (exact) mass is 393 g/mol. The van der Waals surface area contributed by atoms with E-state index in [9.17, 15) is 0 Å². The lowest BCUT2D eigenvalue weighted by Gasteiger charge is -2.24. The second kappa shape index (κ2) is 8.38. The van der Waals surface area contributed by atoms with E-state index in [2.05, 4.69) is 113 Å². The van der Waals surface area contributed by atoms with Gasteiger partial charge in [0.05, 0.1) is 0 Å². The Morgan fingerprint density at radius 1 is 0.655 bits per heavy atom. The van der Waals surface area contributed by atoms with Crippen molar-refractivity contribution in [2.75, 3.05) is 0 Å². The zero-order valence-corrected chi connectivity index (χ0v) is 18.9. The molecule has 0 aromatic heterocycles. The minimum Gasteiger partial charge on any atom is -0.0629 e. The molecule has 0 saturated heterocycles. The van der Waals surface area contributed by atoms with Crippen molar-refractivity contribution >= 4 is 24.7 Å². The van der Waals surface area contributed by atoms with Crippen LogP contribution in [0.1, 0.15) is 31.9 Å². The highest BCUT2D eigenvalue weighted by atomic mass is 28.3. The van der Waals surface area contributed by atoms with E-state index in [-0.39, 0.29) is 0 Å². The lowest BCUT2D eigenvalue weighted by Crippen LogP contribution is -2.43. The first-order valence-electron chi connectivity index (χ1n) is 10.5. The molecule has 3 aromatic carbocycles. The topological polar surface area (TPSA) is 0 Å². The van der Waals surface area contributed by atoms with E-state index in [1.54, 1.807) is 5.57 Å². The third-order valence-electron chi connectivity index (χ3n) is 6.41. The Bertz CT molecular complexity index is 1020. The Morgan fingerprint density at radius 2 is 1.24 bits per heavy atom. The number of allylic oxidation sites excluding steroid dienone is 4. The lowest BCUT2D eigenvalue weighted by molar-refractivity contribution is 0.884. The standard InChI is InChI=1S/C28H29Si/c1-20-12-11-13-24(18-20)28-23(4)21(2)22(3)27(28)19-29(25-14-7-5-8-15-25)26-16-9-6-10-17-26/h5-18,27H,19H2,1-4H3. The molecule has 0 bridgehead atoms. The van der Waals surface area contributed by atoms with Crippen molar-refractivity contribution in [2.45, 2.75) is 33.7 Å². The molecular formula is C28H29Si. The fraction of sp³-hybridized carbons (Fsp3) is 0.214. The first kappa shape index (κ1) is 19.7. The Labute approximate surface area is 177 Å². The van der Waals surface area contributed by atoms with Crippen LogP contribution in [0.5, 0.6) is 0 Å². The molecule has 0 fully saturated rings. The molecule has 1 aliphatic rings. The summed E-state index contributed by atoms with van der Waals surface area (Å²) in [5.74, 6) is 0.492. The minimum absolute atomic E-state index is 0.492. The van der Waals surface area contributed by atoms with Gasteiger partial charge in [0, 0.05) is 5.92 Å². The van der Waals surface area contributed by atoms with Crippen molar-refractivity contribution in [1.82, 2.24) is 0 Å². The van der Waals surface area contributed by atoms with Gasteiger partial charge < -0.3 is 0 Å². The van der Waals surface area contributed by atoms with E-state index in [0.29, 0.717) is 5.92 Å². The Hall–Kier alpha value is -2.64. The quantitative estimate of drug-likeness (QED) is 0.463. The van der Waals surface area contributed by atoms with Gasteiger partial charge in [-0.3, -0.25) is 0 Å². The average Bonchev–Trinajstić information content (AvgIpc) is 2.96. The highest BCUT2D eigenvalue weighted by Crippen LogP contribution is 2.45. The summed E-state index contributed by atoms with van der Waals surface area (Å²) < 4.78 is 0. The van der Waals surface area contributed by atoms with E-state index >= 15 is 0 Å². The van der Waals surface area contributed by atoms with Gasteiger partial charge in [-0.05, 0) is 56.0 Å². The highest BCUT2D eigenvalue weighted by Gasteiger charge is 2.32. The maximum absolute atomic E-state index is 2.36. The van der Waals surface area contributed by atoms with E-state index in [0.717, 1.165) is 0 Å². The van der Waals surface area contributed by atoms with Gasteiger partial charge in [0.2, 0.25) is 0 Å². The molecule has 0 nitrogen and oxygen atoms in total. The molecule has 0 saturated carbocycles. The van der Waals surface area contributed by atoms with Crippen molar-refractivity contribution in [3.63, 3.8) is 0 Å². The van der Waals surface area contributed by atoms with Gasteiger partial charge in [-0.1, -0.05) is 106 Å². The molecule has 3 aromatic rings. The van der Waals surface area contributed by atoms with Gasteiger partial charge in [0.15, 0.2) is 0 Å². The summed E-state index contributed by atoms with van der Waals surface area (Å²) in [5.41, 5.74) is 8.77. The van der Waals surface area contributed by atoms with Gasteiger partial charge >= 0.3 is 0 Å². The number of benzene rings is 3. The molecule has 145 valence electrons. The van der Waals surface area contributed by atoms with E-state index in [4.69, 9.17) is 0 Å². The Kier molecular flexibility index (Phi) is 5.69. The molecule has 29 heavy (non-hydrogen) atoms. The van der Waals surface area contributed by atoms with Gasteiger partial charge in [-0.15, -0.1) is 0 Å². The van der Waals surface area contributed by atoms with Crippen molar-refractivity contribution in [3.05, 3.63) is 113 Å². The summed E-state index contributed by atoms with van der Waals surface area (Å²) in [6, 6.07) is 32.5. The summed E-state index contributed by atoms with van der Waals surface area (Å²) in [7, 11) is -0.879. The zero-order chi connectivity index (χ0) is 20.4. The molecule has 0 heterocycles. The van der Waals surface area contributed by atoms with E-state index < -0.39 is 8.80 Å². The van der Waals surface area contributed by atoms with Crippen molar-refractivity contribution < 1.29 is 0 Å². The molecule has 1 aliphatic carbocycles. The summed E-state index contributed by atoms with van der Waals surface area (Å²) >= 11 is 0. The maximum atomic E-state index is 2.36. The largest absolute Gasteiger partial charge is 0.122 e. The number of aryl methyl sites for hydroxylation is 1. The lowest BCUT2D eigenvalue weighted by atomic mass is 9.91. The van der Waals surface area contributed by atoms with Gasteiger partial charge in [-0.25, -0.2) is 0 Å². The van der Waals surface area contributed by atoms with Crippen LogP contribution < -0.4 is 10.4 Å². The molecule has 0 spiro atoms. The number of hydrogen-bond donors (Lipinski definition) is 0. The molecule has 1 radical (unpaired) electrons. The van der Waals surface area contributed by atoms with Crippen LogP contribution in [0.3, 0.4) is 0 Å². The SMILES string of the molecule is CC1=C(C)C(C[Si](c2ccccc2)c2ccccc2)C(c2cccc(C)c2)=C1C. The Balaban J connectivity index is 1.78. The van der Waals surface area contributed by atoms with Crippen LogP contribution in [-0.4, -0.2) is 8.80 Å². The molecule has 1 heteroatoms. The molecule has 1 unspecified atom stereocenters. The van der Waals surface area contributed by atoms with Crippen molar-refractivity contribution in [3.8, 4) is 0 Å². The minimum atomic E-state index is -0.879. The van der Waals surface area contributed by atoms with Gasteiger partial charge in [-0.2, -0.15) is 0 Å². The predicted octanol–water partition coefficient (Wildman–Crippen LogP) is 6.04. The summed E-state index contributed by atoms with van der Waals surface area (Å²) in [4.78, 5) is 0. The van der Waals surface area contributed by atoms with E-state index in [1.165, 1.54) is 44.3 Å². The van der Waals surface area contributed by atoms with Crippen LogP contribution in [-0.2, 0) is 0 Å². The summed E-state index contributed by atoms with van der Waals surface area (Å²) in [5, 5.41) is 3.00. The third-order valence-corrected chi connectivity index (χ3v) is 9.29. The first-order valence-corrected chi connectivity index (χ1v) is 12.2. The molecule has 0 aliphatic heterocycles. The predicted molar refractivity (Wildman–Crippen MR) is 128 cm³/mol. The first-order chi connectivity index (χ1) is 14.1. The smallest absolute Gasteiger partial charge is 0.0629 e. The van der Waals surface area contributed by atoms with Crippen LogP contribution in [0.15, 0.2) is 102 Å². The highest BCUT2D eigenvalue weighted by molar-refractivity contribution is 6.85. The fourth-order valence-corrected chi connectivity index (χ4v) is 7.52. The maximum Gasteiger partial charge on any atom is 0.122 e. The molecular weight excluding hydrogens is 364 g/mol. The Morgan fingerprint density at radius 3 is 1.79 bits per heavy atom. The third kappa shape index (κ3) is 3.93. The van der Waals surface area contributed by atoms with Crippen molar-refractivity contribution in [1.29, 1.82) is 0 Å². The van der Waals surface area contributed by atoms with Gasteiger partial charge in [0.25, 0.3) is 0 Å². The van der Waals surface area contributed by atoms with Crippen molar-refractivity contribution in [2.24, 2.45) is 5.92 Å². The van der Waals surface area contributed by atoms with Gasteiger partial charge in [0.1, 0.15) is 8.80 Å². The molecule has 1 atom stereocenters. The van der Waals surface area contributed by atoms with Crippen LogP contribution in [0, 0.1) is 12.8 Å². The summed E-state index contributed by atoms with van der Waals surface area (Å²) in [6.07, 6.45) is 0. The van der Waals surface area contributed by atoms with Crippen LogP contribution in [0.4, 0.5) is 0 Å². The second-order valence-corrected chi connectivity index (χ2v) is 10.7. The van der Waals surface area contributed by atoms with Crippen LogP contribution in [0.2, 0.25) is 6.04 Å². The van der Waals surface area contributed by atoms with E-state index in [1.807, 2.05) is 0 Å². The van der Waals surface area contributed by atoms with Crippen LogP contribution in [0.25, 0.3) is 5.57 Å². The van der Waals surface area contributed by atoms with Crippen LogP contribution >= 0.6 is 0 Å². The fourth-order valence-electron chi connectivity index (χ4n) is 4.61. The normalized spacial score (nSPS) is 16.8. The number of hydrogen-bond acceptors (Lipinski definition) is 0. The molecule has 4 rings (SSSR count). The second-order valence-electron chi connectivity index (χ2n) is 8.18. The molecule has 0 N–H and O–H groups in total. The zero-order valence-electron chi connectivity index (χ0n) is 17.9. The average molecular weight is 394 g/mol. The summed E-state index contributed by atoms with van der Waals surface area (Å²) in [6.45, 7) is 9.16. The molecule has 0 amide bonds.